The summed E-state index contributed by atoms with van der Waals surface area (Å²) in [7, 11) is 0. The molecule has 0 spiro atoms. The van der Waals surface area contributed by atoms with E-state index in [1.54, 1.807) is 6.07 Å². The molecule has 1 aliphatic rings. The average molecular weight is 570 g/mol. The van der Waals surface area contributed by atoms with Crippen LogP contribution in [-0.2, 0) is 11.3 Å². The lowest BCUT2D eigenvalue weighted by molar-refractivity contribution is 0.0601. The highest BCUT2D eigenvalue weighted by molar-refractivity contribution is 6.00. The number of aromatic nitrogens is 2. The number of nitrogens with zero attached hydrogens (tertiary/aromatic N) is 2. The number of H-pyrrole nitrogens is 1. The van der Waals surface area contributed by atoms with Crippen LogP contribution in [0.15, 0.2) is 60.7 Å². The number of aromatic amines is 1. The minimum atomic E-state index is -0.442. The van der Waals surface area contributed by atoms with Crippen LogP contribution in [0, 0.1) is 13.8 Å². The van der Waals surface area contributed by atoms with Crippen LogP contribution < -0.4 is 9.47 Å². The van der Waals surface area contributed by atoms with Crippen LogP contribution in [0.3, 0.4) is 0 Å². The molecule has 1 amide bonds. The van der Waals surface area contributed by atoms with Crippen LogP contribution in [-0.4, -0.2) is 52.0 Å². The third-order valence-electron chi connectivity index (χ3n) is 7.37. The Kier molecular flexibility index (Phi) is 8.83. The molecule has 1 unspecified atom stereocenters. The van der Waals surface area contributed by atoms with E-state index >= 15 is 0 Å². The first-order valence-corrected chi connectivity index (χ1v) is 14.5. The number of benzene rings is 3. The van der Waals surface area contributed by atoms with Crippen LogP contribution in [0.25, 0.3) is 11.3 Å². The Labute approximate surface area is 247 Å². The first-order chi connectivity index (χ1) is 20.3. The maximum atomic E-state index is 13.8. The topological polar surface area (TPSA) is 96.9 Å². The second-order valence-corrected chi connectivity index (χ2v) is 10.9. The number of amides is 1. The summed E-state index contributed by atoms with van der Waals surface area (Å²) >= 11 is 0. The van der Waals surface area contributed by atoms with Crippen molar-refractivity contribution in [3.63, 3.8) is 0 Å². The molecule has 220 valence electrons. The molecular weight excluding hydrogens is 530 g/mol. The quantitative estimate of drug-likeness (QED) is 0.184. The Bertz CT molecular complexity index is 1520. The van der Waals surface area contributed by atoms with E-state index in [1.807, 2.05) is 94.1 Å². The van der Waals surface area contributed by atoms with Gasteiger partial charge in [0.25, 0.3) is 5.91 Å². The molecule has 1 atom stereocenters. The molecule has 0 fully saturated rings. The van der Waals surface area contributed by atoms with E-state index in [0.717, 1.165) is 27.8 Å². The molecule has 0 radical (unpaired) electrons. The third kappa shape index (κ3) is 5.99. The van der Waals surface area contributed by atoms with Gasteiger partial charge in [-0.1, -0.05) is 42.5 Å². The summed E-state index contributed by atoms with van der Waals surface area (Å²) in [5, 5.41) is 18.5. The molecule has 5 rings (SSSR count). The van der Waals surface area contributed by atoms with Gasteiger partial charge in [0, 0.05) is 24.3 Å². The van der Waals surface area contributed by atoms with Gasteiger partial charge in [-0.2, -0.15) is 5.10 Å². The van der Waals surface area contributed by atoms with Gasteiger partial charge in [0.2, 0.25) is 0 Å². The summed E-state index contributed by atoms with van der Waals surface area (Å²) in [5.74, 6) is 1.24. The lowest BCUT2D eigenvalue weighted by atomic mass is 9.93. The molecule has 2 heterocycles. The lowest BCUT2D eigenvalue weighted by Crippen LogP contribution is -2.31. The number of nitrogens with one attached hydrogen (secondary N) is 1. The van der Waals surface area contributed by atoms with Crippen molar-refractivity contribution in [2.45, 2.75) is 59.8 Å². The molecular formula is C34H39N3O5. The van der Waals surface area contributed by atoms with Gasteiger partial charge in [-0.05, 0) is 81.5 Å². The van der Waals surface area contributed by atoms with Crippen LogP contribution in [0.2, 0.25) is 0 Å². The number of phenols is 1. The minimum absolute atomic E-state index is 0.114. The molecule has 0 aliphatic carbocycles. The fourth-order valence-electron chi connectivity index (χ4n) is 5.59. The first-order valence-electron chi connectivity index (χ1n) is 14.5. The summed E-state index contributed by atoms with van der Waals surface area (Å²) in [4.78, 5) is 15.7. The van der Waals surface area contributed by atoms with E-state index in [0.29, 0.717) is 61.2 Å². The standard InChI is InChI=1S/C34H39N3O5/c1-6-40-28-19-25(13-14-27(28)42-20-24-11-8-7-9-12-24)33-30-31(29-23(5)17-22(4)18-26(29)38)35-36-32(30)34(39)37(33)15-10-16-41-21(2)3/h7-9,11-14,17-19,21,33,38H,6,10,15-16,20H2,1-5H3,(H,35,36). The fourth-order valence-corrected chi connectivity index (χ4v) is 5.59. The molecule has 1 aromatic heterocycles. The zero-order chi connectivity index (χ0) is 29.8. The van der Waals surface area contributed by atoms with Crippen molar-refractivity contribution in [2.24, 2.45) is 0 Å². The van der Waals surface area contributed by atoms with E-state index in [4.69, 9.17) is 14.2 Å². The molecule has 4 aromatic rings. The molecule has 0 bridgehead atoms. The maximum Gasteiger partial charge on any atom is 0.273 e. The van der Waals surface area contributed by atoms with E-state index in [2.05, 4.69) is 10.2 Å². The van der Waals surface area contributed by atoms with Gasteiger partial charge < -0.3 is 24.2 Å². The summed E-state index contributed by atoms with van der Waals surface area (Å²) in [6.07, 6.45) is 0.794. The summed E-state index contributed by atoms with van der Waals surface area (Å²) in [6, 6.07) is 19.1. The number of aromatic hydroxyl groups is 1. The van der Waals surface area contributed by atoms with Gasteiger partial charge in [0.05, 0.1) is 18.8 Å². The summed E-state index contributed by atoms with van der Waals surface area (Å²) in [5.41, 5.74) is 6.13. The normalized spacial score (nSPS) is 14.5. The molecule has 2 N–H and O–H groups in total. The predicted molar refractivity (Wildman–Crippen MR) is 162 cm³/mol. The number of rotatable bonds is 12. The van der Waals surface area contributed by atoms with Gasteiger partial charge in [0.1, 0.15) is 23.7 Å². The number of hydrogen-bond donors (Lipinski definition) is 2. The Morgan fingerprint density at radius 3 is 2.52 bits per heavy atom. The number of fused-ring (bicyclic) bond motifs is 1. The number of carbonyl (C=O) groups is 1. The van der Waals surface area contributed by atoms with E-state index in [9.17, 15) is 9.90 Å². The van der Waals surface area contributed by atoms with Gasteiger partial charge in [-0.3, -0.25) is 9.89 Å². The van der Waals surface area contributed by atoms with Crippen LogP contribution in [0.5, 0.6) is 17.2 Å². The van der Waals surface area contributed by atoms with E-state index < -0.39 is 6.04 Å². The Hall–Kier alpha value is -4.30. The number of ether oxygens (including phenoxy) is 3. The SMILES string of the molecule is CCOc1cc(C2c3c(-c4c(C)cc(C)cc4O)n[nH]c3C(=O)N2CCCOC(C)C)ccc1OCc1ccccc1. The van der Waals surface area contributed by atoms with Crippen LogP contribution >= 0.6 is 0 Å². The zero-order valence-electron chi connectivity index (χ0n) is 24.9. The third-order valence-corrected chi connectivity index (χ3v) is 7.37. The Balaban J connectivity index is 1.56. The Morgan fingerprint density at radius 2 is 1.81 bits per heavy atom. The smallest absolute Gasteiger partial charge is 0.273 e. The lowest BCUT2D eigenvalue weighted by Gasteiger charge is -2.27. The predicted octanol–water partition coefficient (Wildman–Crippen LogP) is 6.74. The molecule has 42 heavy (non-hydrogen) atoms. The second-order valence-electron chi connectivity index (χ2n) is 10.9. The largest absolute Gasteiger partial charge is 0.507 e. The van der Waals surface area contributed by atoms with Gasteiger partial charge in [-0.15, -0.1) is 0 Å². The number of hydrogen-bond acceptors (Lipinski definition) is 6. The van der Waals surface area contributed by atoms with Crippen molar-refractivity contribution < 1.29 is 24.1 Å². The summed E-state index contributed by atoms with van der Waals surface area (Å²) < 4.78 is 18.0. The number of phenolic OH excluding ortho intramolecular Hbond substituents is 1. The number of carbonyl (C=O) groups excluding carboxylic acids is 1. The highest BCUT2D eigenvalue weighted by Gasteiger charge is 2.42. The average Bonchev–Trinajstić information content (AvgIpc) is 3.49. The zero-order valence-corrected chi connectivity index (χ0v) is 24.9. The van der Waals surface area contributed by atoms with Crippen LogP contribution in [0.4, 0.5) is 0 Å². The Morgan fingerprint density at radius 1 is 1.02 bits per heavy atom. The van der Waals surface area contributed by atoms with E-state index in [-0.39, 0.29) is 17.8 Å². The monoisotopic (exact) mass is 569 g/mol. The second kappa shape index (κ2) is 12.7. The van der Waals surface area contributed by atoms with Crippen LogP contribution in [0.1, 0.15) is 71.5 Å². The fraction of sp³-hybridized carbons (Fsp3) is 0.353. The van der Waals surface area contributed by atoms with Gasteiger partial charge in [0.15, 0.2) is 11.5 Å². The van der Waals surface area contributed by atoms with Gasteiger partial charge >= 0.3 is 0 Å². The highest BCUT2D eigenvalue weighted by atomic mass is 16.5. The van der Waals surface area contributed by atoms with Crippen molar-refractivity contribution in [3.05, 3.63) is 94.2 Å². The minimum Gasteiger partial charge on any atom is -0.507 e. The molecule has 1 aliphatic heterocycles. The highest BCUT2D eigenvalue weighted by Crippen LogP contribution is 2.47. The van der Waals surface area contributed by atoms with Crippen molar-refractivity contribution in [1.82, 2.24) is 15.1 Å². The number of aryl methyl sites for hydroxylation is 2. The van der Waals surface area contributed by atoms with Gasteiger partial charge in [-0.25, -0.2) is 0 Å². The van der Waals surface area contributed by atoms with E-state index in [1.165, 1.54) is 0 Å². The molecule has 0 saturated carbocycles. The summed E-state index contributed by atoms with van der Waals surface area (Å²) in [6.45, 7) is 11.7. The first kappa shape index (κ1) is 29.2. The van der Waals surface area contributed by atoms with Crippen molar-refractivity contribution in [3.8, 4) is 28.5 Å². The maximum absolute atomic E-state index is 13.8. The molecule has 8 heteroatoms. The van der Waals surface area contributed by atoms with Crippen molar-refractivity contribution >= 4 is 5.91 Å². The molecule has 3 aromatic carbocycles. The van der Waals surface area contributed by atoms with Crippen molar-refractivity contribution in [1.29, 1.82) is 0 Å². The molecule has 0 saturated heterocycles. The van der Waals surface area contributed by atoms with Crippen molar-refractivity contribution in [2.75, 3.05) is 19.8 Å². The molecule has 8 nitrogen and oxygen atoms in total.